The maximum Gasteiger partial charge on any atom is 0.270 e. The lowest BCUT2D eigenvalue weighted by Gasteiger charge is -2.32. The molecule has 7 nitrogen and oxygen atoms in total. The predicted octanol–water partition coefficient (Wildman–Crippen LogP) is 1.91. The van der Waals surface area contributed by atoms with E-state index in [1.165, 1.54) is 0 Å². The summed E-state index contributed by atoms with van der Waals surface area (Å²) in [5, 5.41) is 7.93. The van der Waals surface area contributed by atoms with Crippen LogP contribution >= 0.6 is 11.3 Å². The van der Waals surface area contributed by atoms with Crippen LogP contribution < -0.4 is 15.4 Å². The van der Waals surface area contributed by atoms with Gasteiger partial charge in [0, 0.05) is 30.2 Å². The van der Waals surface area contributed by atoms with Crippen molar-refractivity contribution >= 4 is 23.2 Å². The topological polar surface area (TPSA) is 83.6 Å². The second kappa shape index (κ2) is 10.2. The number of rotatable bonds is 8. The lowest BCUT2D eigenvalue weighted by atomic mass is 9.98. The summed E-state index contributed by atoms with van der Waals surface area (Å²) in [4.78, 5) is 31.9. The third kappa shape index (κ3) is 6.03. The van der Waals surface area contributed by atoms with E-state index < -0.39 is 0 Å². The number of hydrogen-bond acceptors (Lipinski definition) is 6. The minimum atomic E-state index is -0.204. The van der Waals surface area contributed by atoms with Crippen molar-refractivity contribution in [1.29, 1.82) is 0 Å². The molecular formula is C20H26N4O3S. The van der Waals surface area contributed by atoms with Gasteiger partial charge in [0.15, 0.2) is 0 Å². The van der Waals surface area contributed by atoms with Crippen molar-refractivity contribution in [2.45, 2.75) is 19.4 Å². The van der Waals surface area contributed by atoms with E-state index in [0.29, 0.717) is 37.0 Å². The molecule has 1 saturated heterocycles. The fraction of sp³-hybridized carbons (Fsp3) is 0.450. The SMILES string of the molecule is COc1ccnc(C(=O)NCC2CCCN(CC(=O)NCc3cccs3)C2)c1. The van der Waals surface area contributed by atoms with Gasteiger partial charge in [0.2, 0.25) is 5.91 Å². The number of nitrogens with one attached hydrogen (secondary N) is 2. The first-order chi connectivity index (χ1) is 13.6. The minimum Gasteiger partial charge on any atom is -0.497 e. The first-order valence-corrected chi connectivity index (χ1v) is 10.3. The number of carbonyl (C=O) groups is 2. The smallest absolute Gasteiger partial charge is 0.270 e. The Balaban J connectivity index is 1.41. The van der Waals surface area contributed by atoms with Gasteiger partial charge in [-0.05, 0) is 42.8 Å². The maximum atomic E-state index is 12.3. The summed E-state index contributed by atoms with van der Waals surface area (Å²) in [6.07, 6.45) is 3.63. The van der Waals surface area contributed by atoms with Crippen LogP contribution in [0.15, 0.2) is 35.8 Å². The predicted molar refractivity (Wildman–Crippen MR) is 108 cm³/mol. The van der Waals surface area contributed by atoms with Crippen LogP contribution in [0.3, 0.4) is 0 Å². The number of amides is 2. The highest BCUT2D eigenvalue weighted by atomic mass is 32.1. The second-order valence-electron chi connectivity index (χ2n) is 6.89. The number of nitrogens with zero attached hydrogens (tertiary/aromatic N) is 2. The van der Waals surface area contributed by atoms with Gasteiger partial charge in [-0.3, -0.25) is 19.5 Å². The zero-order valence-electron chi connectivity index (χ0n) is 16.0. The molecule has 2 amide bonds. The number of methoxy groups -OCH3 is 1. The molecule has 150 valence electrons. The number of likely N-dealkylation sites (tertiary alicyclic amines) is 1. The van der Waals surface area contributed by atoms with Crippen LogP contribution in [0.2, 0.25) is 0 Å². The van der Waals surface area contributed by atoms with Gasteiger partial charge in [-0.25, -0.2) is 0 Å². The van der Waals surface area contributed by atoms with Gasteiger partial charge in [0.25, 0.3) is 5.91 Å². The zero-order valence-corrected chi connectivity index (χ0v) is 16.8. The van der Waals surface area contributed by atoms with E-state index in [9.17, 15) is 9.59 Å². The number of ether oxygens (including phenoxy) is 1. The van der Waals surface area contributed by atoms with Gasteiger partial charge in [0.1, 0.15) is 11.4 Å². The summed E-state index contributed by atoms with van der Waals surface area (Å²) in [6.45, 7) is 3.27. The van der Waals surface area contributed by atoms with E-state index in [1.54, 1.807) is 36.8 Å². The Morgan fingerprint density at radius 3 is 3.04 bits per heavy atom. The van der Waals surface area contributed by atoms with Crippen LogP contribution in [0, 0.1) is 5.92 Å². The Hall–Kier alpha value is -2.45. The van der Waals surface area contributed by atoms with Gasteiger partial charge in [0.05, 0.1) is 20.2 Å². The largest absolute Gasteiger partial charge is 0.497 e. The second-order valence-corrected chi connectivity index (χ2v) is 7.92. The molecule has 0 radical (unpaired) electrons. The van der Waals surface area contributed by atoms with Crippen LogP contribution in [0.5, 0.6) is 5.75 Å². The molecule has 8 heteroatoms. The molecule has 0 aromatic carbocycles. The Morgan fingerprint density at radius 1 is 1.36 bits per heavy atom. The molecule has 28 heavy (non-hydrogen) atoms. The summed E-state index contributed by atoms with van der Waals surface area (Å²) in [6, 6.07) is 7.33. The van der Waals surface area contributed by atoms with Crippen molar-refractivity contribution in [1.82, 2.24) is 20.5 Å². The van der Waals surface area contributed by atoms with Crippen LogP contribution in [0.25, 0.3) is 0 Å². The maximum absolute atomic E-state index is 12.3. The summed E-state index contributed by atoms with van der Waals surface area (Å²) in [5.41, 5.74) is 0.347. The first-order valence-electron chi connectivity index (χ1n) is 9.43. The third-order valence-electron chi connectivity index (χ3n) is 4.76. The minimum absolute atomic E-state index is 0.0404. The van der Waals surface area contributed by atoms with Crippen LogP contribution in [0.4, 0.5) is 0 Å². The van der Waals surface area contributed by atoms with Crippen molar-refractivity contribution in [3.63, 3.8) is 0 Å². The average Bonchev–Trinajstić information content (AvgIpc) is 3.24. The Labute approximate surface area is 169 Å². The molecule has 1 aliphatic rings. The molecule has 3 rings (SSSR count). The molecule has 1 fully saturated rings. The average molecular weight is 403 g/mol. The number of aromatic nitrogens is 1. The standard InChI is InChI=1S/C20H26N4O3S/c1-27-16-6-7-21-18(10-16)20(26)23-11-15-4-2-8-24(13-15)14-19(25)22-12-17-5-3-9-28-17/h3,5-7,9-10,15H,2,4,8,11-14H2,1H3,(H,22,25)(H,23,26). The third-order valence-corrected chi connectivity index (χ3v) is 5.64. The fourth-order valence-electron chi connectivity index (χ4n) is 3.31. The van der Waals surface area contributed by atoms with E-state index in [1.807, 2.05) is 17.5 Å². The summed E-state index contributed by atoms with van der Waals surface area (Å²) in [5.74, 6) is 0.773. The van der Waals surface area contributed by atoms with Gasteiger partial charge in [-0.2, -0.15) is 0 Å². The molecule has 2 N–H and O–H groups in total. The molecular weight excluding hydrogens is 376 g/mol. The summed E-state index contributed by atoms with van der Waals surface area (Å²) < 4.78 is 5.13. The molecule has 0 spiro atoms. The van der Waals surface area contributed by atoms with Crippen LogP contribution in [-0.2, 0) is 11.3 Å². The highest BCUT2D eigenvalue weighted by Gasteiger charge is 2.22. The van der Waals surface area contributed by atoms with Gasteiger partial charge < -0.3 is 15.4 Å². The van der Waals surface area contributed by atoms with E-state index in [2.05, 4.69) is 20.5 Å². The zero-order chi connectivity index (χ0) is 19.8. The van der Waals surface area contributed by atoms with E-state index in [-0.39, 0.29) is 11.8 Å². The molecule has 1 aliphatic heterocycles. The van der Waals surface area contributed by atoms with Crippen molar-refractivity contribution in [2.24, 2.45) is 5.92 Å². The highest BCUT2D eigenvalue weighted by Crippen LogP contribution is 2.16. The van der Waals surface area contributed by atoms with E-state index in [0.717, 1.165) is 30.8 Å². The Morgan fingerprint density at radius 2 is 2.25 bits per heavy atom. The molecule has 2 aromatic rings. The molecule has 2 aromatic heterocycles. The van der Waals surface area contributed by atoms with Gasteiger partial charge in [-0.1, -0.05) is 6.07 Å². The number of hydrogen-bond donors (Lipinski definition) is 2. The van der Waals surface area contributed by atoms with E-state index in [4.69, 9.17) is 4.74 Å². The molecule has 0 saturated carbocycles. The van der Waals surface area contributed by atoms with Crippen LogP contribution in [0.1, 0.15) is 28.2 Å². The molecule has 3 heterocycles. The van der Waals surface area contributed by atoms with Crippen molar-refractivity contribution < 1.29 is 14.3 Å². The van der Waals surface area contributed by atoms with Crippen molar-refractivity contribution in [3.05, 3.63) is 46.4 Å². The highest BCUT2D eigenvalue weighted by molar-refractivity contribution is 7.09. The monoisotopic (exact) mass is 402 g/mol. The fourth-order valence-corrected chi connectivity index (χ4v) is 3.95. The molecule has 1 atom stereocenters. The Bertz CT molecular complexity index is 782. The number of thiophene rings is 1. The van der Waals surface area contributed by atoms with Crippen molar-refractivity contribution in [3.8, 4) is 5.75 Å². The quantitative estimate of drug-likeness (QED) is 0.705. The molecule has 0 bridgehead atoms. The van der Waals surface area contributed by atoms with Crippen molar-refractivity contribution in [2.75, 3.05) is 33.3 Å². The Kier molecular flexibility index (Phi) is 7.39. The normalized spacial score (nSPS) is 17.1. The first kappa shape index (κ1) is 20.3. The summed E-state index contributed by atoms with van der Waals surface area (Å²) in [7, 11) is 1.56. The molecule has 1 unspecified atom stereocenters. The lowest BCUT2D eigenvalue weighted by Crippen LogP contribution is -2.45. The lowest BCUT2D eigenvalue weighted by molar-refractivity contribution is -0.122. The van der Waals surface area contributed by atoms with Gasteiger partial charge in [-0.15, -0.1) is 11.3 Å². The number of pyridine rings is 1. The number of piperidine rings is 1. The summed E-state index contributed by atoms with van der Waals surface area (Å²) >= 11 is 1.64. The van der Waals surface area contributed by atoms with Crippen LogP contribution in [-0.4, -0.2) is 55.0 Å². The van der Waals surface area contributed by atoms with Gasteiger partial charge >= 0.3 is 0 Å². The number of carbonyl (C=O) groups excluding carboxylic acids is 2. The molecule has 0 aliphatic carbocycles. The van der Waals surface area contributed by atoms with E-state index >= 15 is 0 Å².